The molecule has 1 atom stereocenters. The smallest absolute Gasteiger partial charge is 0.318 e. The van der Waals surface area contributed by atoms with Crippen molar-refractivity contribution in [2.24, 2.45) is 0 Å². The maximum Gasteiger partial charge on any atom is 0.318 e. The molecule has 0 spiro atoms. The maximum atomic E-state index is 5.80. The lowest BCUT2D eigenvalue weighted by Gasteiger charge is -2.26. The number of hydrogen-bond acceptors (Lipinski definition) is 5. The van der Waals surface area contributed by atoms with Gasteiger partial charge in [-0.3, -0.25) is 0 Å². The van der Waals surface area contributed by atoms with E-state index in [0.717, 1.165) is 25.9 Å². The van der Waals surface area contributed by atoms with Crippen LogP contribution in [0.4, 0.5) is 6.01 Å². The standard InChI is InChI=1S/C14H26N4O/c1-3-9-15-11-13-16-17-14(19-13)18-10-7-5-6-8-12(18)4-2/h12,15H,3-11H2,1-2H3. The molecule has 1 saturated heterocycles. The van der Waals surface area contributed by atoms with Crippen LogP contribution in [0.25, 0.3) is 0 Å². The van der Waals surface area contributed by atoms with E-state index in [1.165, 1.54) is 25.7 Å². The predicted molar refractivity (Wildman–Crippen MR) is 76.2 cm³/mol. The fraction of sp³-hybridized carbons (Fsp3) is 0.857. The number of nitrogens with one attached hydrogen (secondary N) is 1. The van der Waals surface area contributed by atoms with Crippen LogP contribution in [0.15, 0.2) is 4.42 Å². The molecular formula is C14H26N4O. The SMILES string of the molecule is CCCNCc1nnc(N2CCCCCC2CC)o1. The van der Waals surface area contributed by atoms with E-state index in [1.807, 2.05) is 0 Å². The lowest BCUT2D eigenvalue weighted by molar-refractivity contribution is 0.439. The van der Waals surface area contributed by atoms with Gasteiger partial charge in [-0.1, -0.05) is 31.8 Å². The van der Waals surface area contributed by atoms with Crippen LogP contribution in [-0.4, -0.2) is 29.3 Å². The first-order valence-electron chi connectivity index (χ1n) is 7.64. The third-order valence-electron chi connectivity index (χ3n) is 3.75. The van der Waals surface area contributed by atoms with Crippen molar-refractivity contribution >= 4 is 6.01 Å². The van der Waals surface area contributed by atoms with Crippen molar-refractivity contribution < 1.29 is 4.42 Å². The zero-order valence-corrected chi connectivity index (χ0v) is 12.2. The largest absolute Gasteiger partial charge is 0.407 e. The van der Waals surface area contributed by atoms with Gasteiger partial charge in [-0.25, -0.2) is 0 Å². The minimum absolute atomic E-state index is 0.555. The summed E-state index contributed by atoms with van der Waals surface area (Å²) in [6.07, 6.45) is 7.35. The van der Waals surface area contributed by atoms with Gasteiger partial charge in [0.05, 0.1) is 6.54 Å². The predicted octanol–water partition coefficient (Wildman–Crippen LogP) is 2.73. The normalized spacial score (nSPS) is 20.5. The minimum Gasteiger partial charge on any atom is -0.407 e. The van der Waals surface area contributed by atoms with Crippen LogP contribution >= 0.6 is 0 Å². The number of rotatable bonds is 6. The van der Waals surface area contributed by atoms with Crippen LogP contribution in [0.3, 0.4) is 0 Å². The highest BCUT2D eigenvalue weighted by molar-refractivity contribution is 5.26. The molecular weight excluding hydrogens is 240 g/mol. The molecule has 0 radical (unpaired) electrons. The van der Waals surface area contributed by atoms with E-state index >= 15 is 0 Å². The maximum absolute atomic E-state index is 5.80. The summed E-state index contributed by atoms with van der Waals surface area (Å²) in [4.78, 5) is 2.31. The highest BCUT2D eigenvalue weighted by Crippen LogP contribution is 2.24. The first-order chi connectivity index (χ1) is 9.35. The van der Waals surface area contributed by atoms with Gasteiger partial charge >= 0.3 is 6.01 Å². The molecule has 1 aromatic rings. The molecule has 1 aliphatic rings. The summed E-state index contributed by atoms with van der Waals surface area (Å²) in [5.41, 5.74) is 0. The fourth-order valence-corrected chi connectivity index (χ4v) is 2.66. The van der Waals surface area contributed by atoms with E-state index in [2.05, 4.69) is 34.3 Å². The summed E-state index contributed by atoms with van der Waals surface area (Å²) in [7, 11) is 0. The molecule has 0 bridgehead atoms. The summed E-state index contributed by atoms with van der Waals surface area (Å²) < 4.78 is 5.80. The number of aromatic nitrogens is 2. The van der Waals surface area contributed by atoms with Crippen LogP contribution in [-0.2, 0) is 6.54 Å². The Balaban J connectivity index is 1.98. The summed E-state index contributed by atoms with van der Waals surface area (Å²) in [5.74, 6) is 0.697. The Labute approximate surface area is 115 Å². The Kier molecular flexibility index (Phi) is 5.63. The quantitative estimate of drug-likeness (QED) is 0.802. The molecule has 0 amide bonds. The second-order valence-corrected chi connectivity index (χ2v) is 5.26. The topological polar surface area (TPSA) is 54.2 Å². The van der Waals surface area contributed by atoms with Gasteiger partial charge in [0.2, 0.25) is 5.89 Å². The summed E-state index contributed by atoms with van der Waals surface area (Å²) >= 11 is 0. The van der Waals surface area contributed by atoms with Crippen molar-refractivity contribution in [1.29, 1.82) is 0 Å². The Bertz CT molecular complexity index is 366. The second kappa shape index (κ2) is 7.48. The molecule has 2 rings (SSSR count). The lowest BCUT2D eigenvalue weighted by atomic mass is 10.1. The van der Waals surface area contributed by atoms with Gasteiger partial charge in [0.25, 0.3) is 0 Å². The molecule has 108 valence electrons. The van der Waals surface area contributed by atoms with Crippen molar-refractivity contribution in [1.82, 2.24) is 15.5 Å². The number of hydrogen-bond donors (Lipinski definition) is 1. The zero-order chi connectivity index (χ0) is 13.5. The highest BCUT2D eigenvalue weighted by atomic mass is 16.4. The molecule has 0 aromatic carbocycles. The monoisotopic (exact) mass is 266 g/mol. The molecule has 1 unspecified atom stereocenters. The van der Waals surface area contributed by atoms with Crippen molar-refractivity contribution in [3.63, 3.8) is 0 Å². The van der Waals surface area contributed by atoms with Gasteiger partial charge in [0.15, 0.2) is 0 Å². The van der Waals surface area contributed by atoms with Gasteiger partial charge in [-0.2, -0.15) is 0 Å². The molecule has 1 aliphatic heterocycles. The molecule has 0 aliphatic carbocycles. The van der Waals surface area contributed by atoms with Crippen molar-refractivity contribution in [2.45, 2.75) is 65.0 Å². The second-order valence-electron chi connectivity index (χ2n) is 5.26. The van der Waals surface area contributed by atoms with Crippen LogP contribution in [0.1, 0.15) is 58.3 Å². The highest BCUT2D eigenvalue weighted by Gasteiger charge is 2.23. The molecule has 0 saturated carbocycles. The van der Waals surface area contributed by atoms with Crippen LogP contribution < -0.4 is 10.2 Å². The zero-order valence-electron chi connectivity index (χ0n) is 12.2. The van der Waals surface area contributed by atoms with Gasteiger partial charge in [-0.15, -0.1) is 5.10 Å². The van der Waals surface area contributed by atoms with Crippen molar-refractivity contribution in [3.8, 4) is 0 Å². The van der Waals surface area contributed by atoms with Gasteiger partial charge in [-0.05, 0) is 32.2 Å². The summed E-state index contributed by atoms with van der Waals surface area (Å²) in [5, 5.41) is 11.7. The average Bonchev–Trinajstić information content (AvgIpc) is 2.76. The first-order valence-corrected chi connectivity index (χ1v) is 7.64. The van der Waals surface area contributed by atoms with E-state index in [1.54, 1.807) is 0 Å². The van der Waals surface area contributed by atoms with E-state index in [0.29, 0.717) is 24.5 Å². The van der Waals surface area contributed by atoms with E-state index in [9.17, 15) is 0 Å². The molecule has 5 heteroatoms. The number of anilines is 1. The number of nitrogens with zero attached hydrogens (tertiary/aromatic N) is 3. The Morgan fingerprint density at radius 3 is 2.95 bits per heavy atom. The van der Waals surface area contributed by atoms with Crippen LogP contribution in [0, 0.1) is 0 Å². The average molecular weight is 266 g/mol. The first kappa shape index (κ1) is 14.3. The Morgan fingerprint density at radius 2 is 2.16 bits per heavy atom. The summed E-state index contributed by atoms with van der Waals surface area (Å²) in [6, 6.07) is 1.27. The molecule has 5 nitrogen and oxygen atoms in total. The molecule has 2 heterocycles. The van der Waals surface area contributed by atoms with Crippen molar-refractivity contribution in [3.05, 3.63) is 5.89 Å². The molecule has 1 aromatic heterocycles. The lowest BCUT2D eigenvalue weighted by Crippen LogP contribution is -2.34. The Morgan fingerprint density at radius 1 is 1.26 bits per heavy atom. The third-order valence-corrected chi connectivity index (χ3v) is 3.75. The van der Waals surface area contributed by atoms with Crippen LogP contribution in [0.5, 0.6) is 0 Å². The summed E-state index contributed by atoms with van der Waals surface area (Å²) in [6.45, 7) is 7.09. The van der Waals surface area contributed by atoms with E-state index in [-0.39, 0.29) is 0 Å². The minimum atomic E-state index is 0.555. The molecule has 19 heavy (non-hydrogen) atoms. The van der Waals surface area contributed by atoms with E-state index in [4.69, 9.17) is 4.42 Å². The molecule has 1 N–H and O–H groups in total. The van der Waals surface area contributed by atoms with Gasteiger partial charge in [0, 0.05) is 12.6 Å². The van der Waals surface area contributed by atoms with Gasteiger partial charge in [0.1, 0.15) is 0 Å². The van der Waals surface area contributed by atoms with Gasteiger partial charge < -0.3 is 14.6 Å². The molecule has 1 fully saturated rings. The van der Waals surface area contributed by atoms with Crippen LogP contribution in [0.2, 0.25) is 0 Å². The van der Waals surface area contributed by atoms with Crippen molar-refractivity contribution in [2.75, 3.05) is 18.0 Å². The van der Waals surface area contributed by atoms with E-state index < -0.39 is 0 Å². The Hall–Kier alpha value is -1.10. The third kappa shape index (κ3) is 3.93. The fourth-order valence-electron chi connectivity index (χ4n) is 2.66.